The van der Waals surface area contributed by atoms with Crippen LogP contribution in [0.25, 0.3) is 23.0 Å². The Morgan fingerprint density at radius 2 is 1.69 bits per heavy atom. The normalized spacial score (nSPS) is 11.1. The second-order valence-corrected chi connectivity index (χ2v) is 6.25. The Morgan fingerprint density at radius 3 is 2.38 bits per heavy atom. The number of hydrogen-bond donors (Lipinski definition) is 0. The number of halogens is 2. The number of nitrogens with zero attached hydrogens (tertiary/aromatic N) is 3. The molecule has 4 rings (SSSR count). The van der Waals surface area contributed by atoms with Gasteiger partial charge in [-0.3, -0.25) is 9.78 Å². The minimum Gasteiger partial charge on any atom is -0.289 e. The maximum absolute atomic E-state index is 13.9. The van der Waals surface area contributed by atoms with E-state index in [2.05, 4.69) is 10.1 Å². The van der Waals surface area contributed by atoms with Crippen LogP contribution in [0.1, 0.15) is 15.9 Å². The van der Waals surface area contributed by atoms with Crippen LogP contribution in [0.3, 0.4) is 0 Å². The molecule has 142 valence electrons. The Kier molecular flexibility index (Phi) is 5.07. The van der Waals surface area contributed by atoms with E-state index in [-0.39, 0.29) is 0 Å². The summed E-state index contributed by atoms with van der Waals surface area (Å²) >= 11 is 0. The number of carbonyl (C=O) groups excluding carboxylic acids is 1. The van der Waals surface area contributed by atoms with E-state index in [0.29, 0.717) is 11.3 Å². The van der Waals surface area contributed by atoms with Gasteiger partial charge in [0.2, 0.25) is 0 Å². The molecule has 0 aliphatic heterocycles. The van der Waals surface area contributed by atoms with Gasteiger partial charge in [-0.05, 0) is 48.6 Å². The minimum absolute atomic E-state index is 0.581. The summed E-state index contributed by atoms with van der Waals surface area (Å²) in [5, 5.41) is 4.60. The summed E-state index contributed by atoms with van der Waals surface area (Å²) in [7, 11) is 0. The third-order valence-corrected chi connectivity index (χ3v) is 4.32. The van der Waals surface area contributed by atoms with E-state index in [1.54, 1.807) is 29.3 Å². The Balaban J connectivity index is 1.75. The summed E-state index contributed by atoms with van der Waals surface area (Å²) in [5.74, 6) is -2.55. The summed E-state index contributed by atoms with van der Waals surface area (Å²) in [4.78, 5) is 16.5. The van der Waals surface area contributed by atoms with Gasteiger partial charge in [0.1, 0.15) is 17.3 Å². The number of aromatic nitrogens is 3. The van der Waals surface area contributed by atoms with Crippen LogP contribution in [-0.2, 0) is 0 Å². The molecular formula is C23H15F2N3O. The van der Waals surface area contributed by atoms with Gasteiger partial charge in [0.25, 0.3) is 0 Å². The van der Waals surface area contributed by atoms with E-state index < -0.39 is 23.0 Å². The number of benzene rings is 2. The summed E-state index contributed by atoms with van der Waals surface area (Å²) in [6.45, 7) is 0. The molecule has 6 heteroatoms. The molecule has 0 saturated carbocycles. The Morgan fingerprint density at radius 1 is 0.931 bits per heavy atom. The second-order valence-electron chi connectivity index (χ2n) is 6.25. The topological polar surface area (TPSA) is 47.8 Å². The molecule has 0 saturated heterocycles. The van der Waals surface area contributed by atoms with Gasteiger partial charge in [-0.25, -0.2) is 13.5 Å². The van der Waals surface area contributed by atoms with Crippen molar-refractivity contribution in [3.63, 3.8) is 0 Å². The number of pyridine rings is 1. The molecule has 0 unspecified atom stereocenters. The molecule has 0 aliphatic rings. The highest BCUT2D eigenvalue weighted by molar-refractivity contribution is 6.07. The molecule has 0 N–H and O–H groups in total. The van der Waals surface area contributed by atoms with Crippen molar-refractivity contribution in [3.8, 4) is 16.9 Å². The molecule has 0 atom stereocenters. The predicted molar refractivity (Wildman–Crippen MR) is 107 cm³/mol. The smallest absolute Gasteiger partial charge is 0.191 e. The van der Waals surface area contributed by atoms with E-state index >= 15 is 0 Å². The standard InChI is InChI=1S/C23H15F2N3O/c24-19-9-4-10-20(25)22(19)21(29)12-11-17-15-28(18-7-2-1-3-8-18)27-23(17)16-6-5-13-26-14-16/h1-15H/b12-11+. The molecule has 0 bridgehead atoms. The monoisotopic (exact) mass is 387 g/mol. The quantitative estimate of drug-likeness (QED) is 0.353. The highest BCUT2D eigenvalue weighted by atomic mass is 19.1. The van der Waals surface area contributed by atoms with E-state index in [1.807, 2.05) is 36.4 Å². The average Bonchev–Trinajstić information content (AvgIpc) is 3.18. The second kappa shape index (κ2) is 7.98. The van der Waals surface area contributed by atoms with Gasteiger partial charge in [0, 0.05) is 29.7 Å². The molecule has 2 aromatic heterocycles. The average molecular weight is 387 g/mol. The lowest BCUT2D eigenvalue weighted by atomic mass is 10.1. The molecule has 29 heavy (non-hydrogen) atoms. The zero-order valence-electron chi connectivity index (χ0n) is 15.2. The molecule has 2 aromatic carbocycles. The van der Waals surface area contributed by atoms with E-state index in [0.717, 1.165) is 29.5 Å². The van der Waals surface area contributed by atoms with E-state index in [4.69, 9.17) is 0 Å². The third-order valence-electron chi connectivity index (χ3n) is 4.32. The first-order valence-corrected chi connectivity index (χ1v) is 8.85. The van der Waals surface area contributed by atoms with Crippen LogP contribution in [0, 0.1) is 11.6 Å². The first-order chi connectivity index (χ1) is 14.1. The summed E-state index contributed by atoms with van der Waals surface area (Å²) in [5.41, 5.74) is 2.23. The van der Waals surface area contributed by atoms with Gasteiger partial charge >= 0.3 is 0 Å². The van der Waals surface area contributed by atoms with E-state index in [9.17, 15) is 13.6 Å². The SMILES string of the molecule is O=C(/C=C/c1cn(-c2ccccc2)nc1-c1cccnc1)c1c(F)cccc1F. The molecule has 2 heterocycles. The highest BCUT2D eigenvalue weighted by Crippen LogP contribution is 2.24. The number of ketones is 1. The lowest BCUT2D eigenvalue weighted by molar-refractivity contribution is 0.104. The number of rotatable bonds is 5. The first kappa shape index (κ1) is 18.4. The molecular weight excluding hydrogens is 372 g/mol. The van der Waals surface area contributed by atoms with Crippen LogP contribution in [0.4, 0.5) is 8.78 Å². The van der Waals surface area contributed by atoms with Crippen LogP contribution in [0.15, 0.2) is 85.3 Å². The van der Waals surface area contributed by atoms with Crippen molar-refractivity contribution in [1.82, 2.24) is 14.8 Å². The molecule has 0 spiro atoms. The van der Waals surface area contributed by atoms with Gasteiger partial charge < -0.3 is 0 Å². The summed E-state index contributed by atoms with van der Waals surface area (Å²) in [6.07, 6.45) is 7.71. The fourth-order valence-corrected chi connectivity index (χ4v) is 2.93. The van der Waals surface area contributed by atoms with Gasteiger partial charge in [-0.15, -0.1) is 0 Å². The lowest BCUT2D eigenvalue weighted by Gasteiger charge is -2.00. The fourth-order valence-electron chi connectivity index (χ4n) is 2.93. The van der Waals surface area contributed by atoms with Crippen LogP contribution < -0.4 is 0 Å². The van der Waals surface area contributed by atoms with Crippen molar-refractivity contribution in [3.05, 3.63) is 108 Å². The van der Waals surface area contributed by atoms with Gasteiger partial charge in [-0.2, -0.15) is 5.10 Å². The van der Waals surface area contributed by atoms with Crippen LogP contribution in [-0.4, -0.2) is 20.5 Å². The van der Waals surface area contributed by atoms with Gasteiger partial charge in [0.05, 0.1) is 11.3 Å². The van der Waals surface area contributed by atoms with Crippen molar-refractivity contribution < 1.29 is 13.6 Å². The fraction of sp³-hybridized carbons (Fsp3) is 0. The van der Waals surface area contributed by atoms with Crippen molar-refractivity contribution in [2.75, 3.05) is 0 Å². The first-order valence-electron chi connectivity index (χ1n) is 8.85. The number of allylic oxidation sites excluding steroid dienone is 1. The minimum atomic E-state index is -0.896. The Hall–Kier alpha value is -3.93. The Bertz CT molecular complexity index is 1170. The largest absolute Gasteiger partial charge is 0.289 e. The zero-order valence-corrected chi connectivity index (χ0v) is 15.2. The number of para-hydroxylation sites is 1. The molecule has 0 amide bonds. The van der Waals surface area contributed by atoms with Crippen molar-refractivity contribution >= 4 is 11.9 Å². The van der Waals surface area contributed by atoms with Crippen LogP contribution >= 0.6 is 0 Å². The summed E-state index contributed by atoms with van der Waals surface area (Å²) < 4.78 is 29.4. The van der Waals surface area contributed by atoms with Crippen molar-refractivity contribution in [2.24, 2.45) is 0 Å². The molecule has 0 radical (unpaired) electrons. The third kappa shape index (κ3) is 3.87. The summed E-state index contributed by atoms with van der Waals surface area (Å²) in [6, 6.07) is 16.4. The molecule has 4 nitrogen and oxygen atoms in total. The zero-order chi connectivity index (χ0) is 20.2. The van der Waals surface area contributed by atoms with Crippen LogP contribution in [0.2, 0.25) is 0 Å². The maximum atomic E-state index is 13.9. The Labute approximate surface area is 165 Å². The van der Waals surface area contributed by atoms with E-state index in [1.165, 1.54) is 12.1 Å². The molecule has 4 aromatic rings. The van der Waals surface area contributed by atoms with Gasteiger partial charge in [-0.1, -0.05) is 24.3 Å². The van der Waals surface area contributed by atoms with Crippen molar-refractivity contribution in [1.29, 1.82) is 0 Å². The van der Waals surface area contributed by atoms with Crippen molar-refractivity contribution in [2.45, 2.75) is 0 Å². The van der Waals surface area contributed by atoms with Crippen LogP contribution in [0.5, 0.6) is 0 Å². The number of carbonyl (C=O) groups is 1. The molecule has 0 aliphatic carbocycles. The maximum Gasteiger partial charge on any atom is 0.191 e. The molecule has 0 fully saturated rings. The highest BCUT2D eigenvalue weighted by Gasteiger charge is 2.16. The lowest BCUT2D eigenvalue weighted by Crippen LogP contribution is -2.02. The van der Waals surface area contributed by atoms with Gasteiger partial charge in [0.15, 0.2) is 5.78 Å². The predicted octanol–water partition coefficient (Wildman–Crippen LogP) is 5.11. The number of hydrogen-bond acceptors (Lipinski definition) is 3.